The van der Waals surface area contributed by atoms with Gasteiger partial charge in [0.1, 0.15) is 5.75 Å². The summed E-state index contributed by atoms with van der Waals surface area (Å²) in [6.07, 6.45) is 0. The fraction of sp³-hybridized carbons (Fsp3) is 0.429. The first-order chi connectivity index (χ1) is 9.69. The molecule has 0 saturated heterocycles. The number of amides is 1. The Kier molecular flexibility index (Phi) is 4.70. The fourth-order valence-corrected chi connectivity index (χ4v) is 2.02. The fourth-order valence-electron chi connectivity index (χ4n) is 2.02. The number of anilines is 1. The zero-order valence-corrected chi connectivity index (χ0v) is 11.5. The molecular weight excluding hydrogens is 262 g/mol. The van der Waals surface area contributed by atoms with Gasteiger partial charge in [-0.05, 0) is 12.1 Å². The lowest BCUT2D eigenvalue weighted by Crippen LogP contribution is -2.33. The molecule has 1 aliphatic heterocycles. The van der Waals surface area contributed by atoms with E-state index in [4.69, 9.17) is 14.2 Å². The van der Waals surface area contributed by atoms with Crippen molar-refractivity contribution in [1.82, 2.24) is 0 Å². The Balaban J connectivity index is 2.07. The number of rotatable bonds is 7. The standard InChI is InChI=1S/C14H17NO5/c1-18-7-8-20-6-5-15-12-9-10(19-2)3-4-11(12)13(16)14(15)17/h3-4,9H,5-8H2,1-2H3. The number of hydrogen-bond donors (Lipinski definition) is 0. The van der Waals surface area contributed by atoms with Gasteiger partial charge in [-0.25, -0.2) is 0 Å². The second-order valence-corrected chi connectivity index (χ2v) is 4.27. The number of carbonyl (C=O) groups excluding carboxylic acids is 2. The molecule has 0 atom stereocenters. The Labute approximate surface area is 117 Å². The number of ketones is 1. The van der Waals surface area contributed by atoms with Crippen LogP contribution in [-0.2, 0) is 14.3 Å². The van der Waals surface area contributed by atoms with Crippen LogP contribution in [0.15, 0.2) is 18.2 Å². The third-order valence-electron chi connectivity index (χ3n) is 3.07. The van der Waals surface area contributed by atoms with E-state index in [0.717, 1.165) is 0 Å². The van der Waals surface area contributed by atoms with E-state index in [1.54, 1.807) is 32.4 Å². The molecule has 0 aromatic heterocycles. The Morgan fingerprint density at radius 3 is 2.60 bits per heavy atom. The minimum absolute atomic E-state index is 0.328. The summed E-state index contributed by atoms with van der Waals surface area (Å²) in [5, 5.41) is 0. The number of methoxy groups -OCH3 is 2. The molecule has 20 heavy (non-hydrogen) atoms. The van der Waals surface area contributed by atoms with Gasteiger partial charge in [0.15, 0.2) is 0 Å². The molecule has 0 fully saturated rings. The van der Waals surface area contributed by atoms with Crippen LogP contribution in [-0.4, -0.2) is 52.3 Å². The Morgan fingerprint density at radius 2 is 1.90 bits per heavy atom. The normalized spacial score (nSPS) is 13.8. The van der Waals surface area contributed by atoms with Crippen molar-refractivity contribution in [3.63, 3.8) is 0 Å². The van der Waals surface area contributed by atoms with Gasteiger partial charge in [-0.3, -0.25) is 9.59 Å². The first-order valence-corrected chi connectivity index (χ1v) is 6.30. The van der Waals surface area contributed by atoms with E-state index in [9.17, 15) is 9.59 Å². The molecular formula is C14H17NO5. The Hall–Kier alpha value is -1.92. The minimum atomic E-state index is -0.524. The summed E-state index contributed by atoms with van der Waals surface area (Å²) in [7, 11) is 3.13. The summed E-state index contributed by atoms with van der Waals surface area (Å²) in [6, 6.07) is 4.97. The summed E-state index contributed by atoms with van der Waals surface area (Å²) in [4.78, 5) is 25.2. The first-order valence-electron chi connectivity index (χ1n) is 6.30. The summed E-state index contributed by atoms with van der Waals surface area (Å²) in [6.45, 7) is 1.63. The highest BCUT2D eigenvalue weighted by atomic mass is 16.5. The highest BCUT2D eigenvalue weighted by molar-refractivity contribution is 6.52. The van der Waals surface area contributed by atoms with E-state index in [-0.39, 0.29) is 0 Å². The van der Waals surface area contributed by atoms with E-state index >= 15 is 0 Å². The molecule has 0 unspecified atom stereocenters. The molecule has 6 nitrogen and oxygen atoms in total. The maximum absolute atomic E-state index is 11.9. The third-order valence-corrected chi connectivity index (χ3v) is 3.07. The van der Waals surface area contributed by atoms with Gasteiger partial charge in [0, 0.05) is 19.7 Å². The molecule has 0 bridgehead atoms. The van der Waals surface area contributed by atoms with Gasteiger partial charge >= 0.3 is 0 Å². The zero-order chi connectivity index (χ0) is 14.5. The van der Waals surface area contributed by atoms with Crippen molar-refractivity contribution >= 4 is 17.4 Å². The predicted molar refractivity (Wildman–Crippen MR) is 72.4 cm³/mol. The van der Waals surface area contributed by atoms with Crippen LogP contribution >= 0.6 is 0 Å². The molecule has 1 aromatic carbocycles. The number of benzene rings is 1. The molecule has 2 rings (SSSR count). The number of Topliss-reactive ketones (excluding diaryl/α,β-unsaturated/α-hetero) is 1. The van der Waals surface area contributed by atoms with Crippen molar-refractivity contribution in [3.05, 3.63) is 23.8 Å². The van der Waals surface area contributed by atoms with Crippen molar-refractivity contribution in [1.29, 1.82) is 0 Å². The van der Waals surface area contributed by atoms with E-state index in [1.165, 1.54) is 4.90 Å². The van der Waals surface area contributed by atoms with Crippen LogP contribution in [0.25, 0.3) is 0 Å². The summed E-state index contributed by atoms with van der Waals surface area (Å²) >= 11 is 0. The van der Waals surface area contributed by atoms with Crippen LogP contribution in [0.2, 0.25) is 0 Å². The van der Waals surface area contributed by atoms with Crippen molar-refractivity contribution in [2.75, 3.05) is 45.5 Å². The van der Waals surface area contributed by atoms with Gasteiger partial charge < -0.3 is 19.1 Å². The van der Waals surface area contributed by atoms with E-state index in [2.05, 4.69) is 0 Å². The van der Waals surface area contributed by atoms with Crippen molar-refractivity contribution in [3.8, 4) is 5.75 Å². The lowest BCUT2D eigenvalue weighted by atomic mass is 10.1. The SMILES string of the molecule is COCCOCCN1C(=O)C(=O)c2ccc(OC)cc21. The average molecular weight is 279 g/mol. The van der Waals surface area contributed by atoms with Crippen LogP contribution in [0, 0.1) is 0 Å². The Morgan fingerprint density at radius 1 is 1.10 bits per heavy atom. The highest BCUT2D eigenvalue weighted by Crippen LogP contribution is 2.32. The molecule has 1 heterocycles. The molecule has 0 saturated carbocycles. The van der Waals surface area contributed by atoms with Crippen LogP contribution in [0.5, 0.6) is 5.75 Å². The van der Waals surface area contributed by atoms with Crippen LogP contribution in [0.3, 0.4) is 0 Å². The molecule has 1 aromatic rings. The molecule has 108 valence electrons. The molecule has 0 spiro atoms. The molecule has 1 amide bonds. The number of fused-ring (bicyclic) bond motifs is 1. The molecule has 0 aliphatic carbocycles. The second kappa shape index (κ2) is 6.49. The minimum Gasteiger partial charge on any atom is -0.497 e. The van der Waals surface area contributed by atoms with E-state index < -0.39 is 11.7 Å². The maximum Gasteiger partial charge on any atom is 0.299 e. The number of carbonyl (C=O) groups is 2. The van der Waals surface area contributed by atoms with Crippen molar-refractivity contribution in [2.45, 2.75) is 0 Å². The van der Waals surface area contributed by atoms with Gasteiger partial charge in [0.05, 0.1) is 38.2 Å². The largest absolute Gasteiger partial charge is 0.497 e. The zero-order valence-electron chi connectivity index (χ0n) is 11.5. The van der Waals surface area contributed by atoms with Crippen molar-refractivity contribution < 1.29 is 23.8 Å². The first kappa shape index (κ1) is 14.5. The van der Waals surface area contributed by atoms with E-state index in [1.807, 2.05) is 0 Å². The number of hydrogen-bond acceptors (Lipinski definition) is 5. The smallest absolute Gasteiger partial charge is 0.299 e. The average Bonchev–Trinajstić information content (AvgIpc) is 2.71. The predicted octanol–water partition coefficient (Wildman–Crippen LogP) is 0.887. The summed E-state index contributed by atoms with van der Waals surface area (Å²) < 4.78 is 15.3. The molecule has 6 heteroatoms. The van der Waals surface area contributed by atoms with Crippen LogP contribution in [0.1, 0.15) is 10.4 Å². The quantitative estimate of drug-likeness (QED) is 0.548. The van der Waals surface area contributed by atoms with Gasteiger partial charge in [-0.1, -0.05) is 0 Å². The second-order valence-electron chi connectivity index (χ2n) is 4.27. The van der Waals surface area contributed by atoms with Gasteiger partial charge in [-0.15, -0.1) is 0 Å². The van der Waals surface area contributed by atoms with Crippen LogP contribution < -0.4 is 9.64 Å². The monoisotopic (exact) mass is 279 g/mol. The molecule has 0 radical (unpaired) electrons. The van der Waals surface area contributed by atoms with Gasteiger partial charge in [0.2, 0.25) is 0 Å². The summed E-state index contributed by atoms with van der Waals surface area (Å²) in [5.74, 6) is -0.403. The highest BCUT2D eigenvalue weighted by Gasteiger charge is 2.35. The topological polar surface area (TPSA) is 65.1 Å². The van der Waals surface area contributed by atoms with Crippen molar-refractivity contribution in [2.24, 2.45) is 0 Å². The lowest BCUT2D eigenvalue weighted by Gasteiger charge is -2.16. The van der Waals surface area contributed by atoms with E-state index in [0.29, 0.717) is 43.4 Å². The molecule has 1 aliphatic rings. The summed E-state index contributed by atoms with van der Waals surface area (Å²) in [5.41, 5.74) is 0.988. The Bertz CT molecular complexity index is 514. The van der Waals surface area contributed by atoms with Gasteiger partial charge in [-0.2, -0.15) is 0 Å². The number of nitrogens with zero attached hydrogens (tertiary/aromatic N) is 1. The van der Waals surface area contributed by atoms with Crippen LogP contribution in [0.4, 0.5) is 5.69 Å². The lowest BCUT2D eigenvalue weighted by molar-refractivity contribution is -0.114. The maximum atomic E-state index is 11.9. The number of ether oxygens (including phenoxy) is 3. The van der Waals surface area contributed by atoms with Gasteiger partial charge in [0.25, 0.3) is 11.7 Å². The third kappa shape index (κ3) is 2.81. The molecule has 0 N–H and O–H groups in total.